The van der Waals surface area contributed by atoms with Crippen molar-refractivity contribution in [2.75, 3.05) is 25.1 Å². The van der Waals surface area contributed by atoms with Crippen LogP contribution in [0.5, 0.6) is 0 Å². The van der Waals surface area contributed by atoms with E-state index in [0.29, 0.717) is 16.8 Å². The number of anilines is 1. The van der Waals surface area contributed by atoms with Crippen molar-refractivity contribution in [1.82, 2.24) is 15.5 Å². The van der Waals surface area contributed by atoms with E-state index < -0.39 is 29.6 Å². The average molecular weight is 460 g/mol. The maximum Gasteiger partial charge on any atom is 0.407 e. The average Bonchev–Trinajstić information content (AvgIpc) is 3.04. The Morgan fingerprint density at radius 3 is 2.67 bits per heavy atom. The zero-order valence-corrected chi connectivity index (χ0v) is 18.9. The Bertz CT molecular complexity index is 970. The van der Waals surface area contributed by atoms with Gasteiger partial charge in [0.1, 0.15) is 18.2 Å². The smallest absolute Gasteiger partial charge is 0.407 e. The van der Waals surface area contributed by atoms with Crippen LogP contribution in [0.4, 0.5) is 10.5 Å². The lowest BCUT2D eigenvalue weighted by molar-refractivity contribution is -0.137. The maximum atomic E-state index is 12.8. The number of alkyl carbamates (subject to hydrolysis) is 1. The molecule has 2 heterocycles. The van der Waals surface area contributed by atoms with Crippen molar-refractivity contribution in [2.24, 2.45) is 0 Å². The summed E-state index contributed by atoms with van der Waals surface area (Å²) in [5.41, 5.74) is 0.860. The molecule has 0 aliphatic carbocycles. The fourth-order valence-electron chi connectivity index (χ4n) is 3.59. The van der Waals surface area contributed by atoms with E-state index in [4.69, 9.17) is 9.47 Å². The number of fused-ring (bicyclic) bond motifs is 1. The predicted octanol–water partition coefficient (Wildman–Crippen LogP) is 0.927. The van der Waals surface area contributed by atoms with Crippen molar-refractivity contribution in [1.29, 1.82) is 0 Å². The number of ether oxygens (including phenoxy) is 2. The molecule has 178 valence electrons. The molecule has 11 nitrogen and oxygen atoms in total. The molecule has 1 aromatic carbocycles. The molecule has 2 aliphatic rings. The summed E-state index contributed by atoms with van der Waals surface area (Å²) in [6.45, 7) is 5.46. The normalized spacial score (nSPS) is 18.0. The van der Waals surface area contributed by atoms with Gasteiger partial charge in [-0.25, -0.2) is 4.79 Å². The molecule has 0 saturated carbocycles. The minimum Gasteiger partial charge on any atom is -0.444 e. The first-order chi connectivity index (χ1) is 15.5. The van der Waals surface area contributed by atoms with E-state index in [1.54, 1.807) is 39.0 Å². The molecule has 0 radical (unpaired) electrons. The van der Waals surface area contributed by atoms with Crippen LogP contribution in [0.15, 0.2) is 18.2 Å². The second-order valence-electron chi connectivity index (χ2n) is 8.76. The van der Waals surface area contributed by atoms with Gasteiger partial charge in [0.05, 0.1) is 6.61 Å². The molecule has 0 aromatic heterocycles. The molecule has 1 atom stereocenters. The van der Waals surface area contributed by atoms with Gasteiger partial charge in [-0.3, -0.25) is 24.5 Å². The molecule has 2 aliphatic heterocycles. The molecule has 1 fully saturated rings. The Balaban J connectivity index is 1.50. The van der Waals surface area contributed by atoms with E-state index in [1.807, 2.05) is 0 Å². The molecule has 3 N–H and O–H groups in total. The zero-order chi connectivity index (χ0) is 24.2. The summed E-state index contributed by atoms with van der Waals surface area (Å²) in [6.07, 6.45) is -0.141. The summed E-state index contributed by atoms with van der Waals surface area (Å²) in [5, 5.41) is 7.51. The van der Waals surface area contributed by atoms with Crippen molar-refractivity contribution in [3.05, 3.63) is 29.3 Å². The number of carbonyl (C=O) groups is 5. The van der Waals surface area contributed by atoms with Gasteiger partial charge in [0.25, 0.3) is 5.91 Å². The van der Waals surface area contributed by atoms with Crippen LogP contribution in [0.25, 0.3) is 0 Å². The molecule has 11 heteroatoms. The topological polar surface area (TPSA) is 143 Å². The summed E-state index contributed by atoms with van der Waals surface area (Å²) in [4.78, 5) is 61.7. The maximum absolute atomic E-state index is 12.8. The number of nitrogens with zero attached hydrogens (tertiary/aromatic N) is 1. The van der Waals surface area contributed by atoms with Crippen LogP contribution in [0.2, 0.25) is 0 Å². The van der Waals surface area contributed by atoms with Crippen LogP contribution in [0, 0.1) is 0 Å². The van der Waals surface area contributed by atoms with Crippen molar-refractivity contribution < 1.29 is 33.4 Å². The van der Waals surface area contributed by atoms with Crippen LogP contribution in [-0.4, -0.2) is 66.0 Å². The second-order valence-corrected chi connectivity index (χ2v) is 8.76. The number of piperidine rings is 1. The van der Waals surface area contributed by atoms with Crippen molar-refractivity contribution in [2.45, 2.75) is 51.8 Å². The third-order valence-corrected chi connectivity index (χ3v) is 5.00. The van der Waals surface area contributed by atoms with E-state index in [9.17, 15) is 24.0 Å². The zero-order valence-electron chi connectivity index (χ0n) is 18.9. The van der Waals surface area contributed by atoms with Crippen LogP contribution < -0.4 is 16.0 Å². The van der Waals surface area contributed by atoms with E-state index in [-0.39, 0.29) is 51.0 Å². The van der Waals surface area contributed by atoms with Gasteiger partial charge >= 0.3 is 6.09 Å². The number of imide groups is 1. The van der Waals surface area contributed by atoms with Crippen LogP contribution >= 0.6 is 0 Å². The van der Waals surface area contributed by atoms with Gasteiger partial charge < -0.3 is 25.0 Å². The minimum absolute atomic E-state index is 0.112. The summed E-state index contributed by atoms with van der Waals surface area (Å²) in [6, 6.07) is 4.22. The molecule has 3 rings (SSSR count). The van der Waals surface area contributed by atoms with Crippen molar-refractivity contribution >= 4 is 35.4 Å². The lowest BCUT2D eigenvalue weighted by atomic mass is 10.0. The molecular formula is C22H28N4O7. The highest BCUT2D eigenvalue weighted by molar-refractivity contribution is 6.06. The lowest BCUT2D eigenvalue weighted by Gasteiger charge is -2.29. The monoisotopic (exact) mass is 460 g/mol. The Hall–Kier alpha value is -3.47. The molecule has 0 spiro atoms. The number of rotatable bonds is 7. The molecule has 1 saturated heterocycles. The van der Waals surface area contributed by atoms with Gasteiger partial charge in [-0.2, -0.15) is 0 Å². The first-order valence-electron chi connectivity index (χ1n) is 10.7. The highest BCUT2D eigenvalue weighted by atomic mass is 16.6. The summed E-state index contributed by atoms with van der Waals surface area (Å²) in [5.74, 6) is -1.59. The molecule has 0 bridgehead atoms. The molecular weight excluding hydrogens is 432 g/mol. The van der Waals surface area contributed by atoms with E-state index >= 15 is 0 Å². The van der Waals surface area contributed by atoms with Gasteiger partial charge in [-0.15, -0.1) is 0 Å². The highest BCUT2D eigenvalue weighted by Crippen LogP contribution is 2.32. The Morgan fingerprint density at radius 1 is 1.21 bits per heavy atom. The van der Waals surface area contributed by atoms with Crippen molar-refractivity contribution in [3.63, 3.8) is 0 Å². The number of nitrogens with one attached hydrogen (secondary N) is 3. The number of amides is 5. The predicted molar refractivity (Wildman–Crippen MR) is 116 cm³/mol. The first-order valence-corrected chi connectivity index (χ1v) is 10.7. The van der Waals surface area contributed by atoms with Crippen LogP contribution in [0.3, 0.4) is 0 Å². The van der Waals surface area contributed by atoms with E-state index in [2.05, 4.69) is 16.0 Å². The molecule has 33 heavy (non-hydrogen) atoms. The first kappa shape index (κ1) is 24.2. The number of hydrogen-bond acceptors (Lipinski definition) is 7. The van der Waals surface area contributed by atoms with Gasteiger partial charge in [-0.05, 0) is 39.3 Å². The second kappa shape index (κ2) is 9.99. The number of hydrogen-bond donors (Lipinski definition) is 3. The largest absolute Gasteiger partial charge is 0.444 e. The third-order valence-electron chi connectivity index (χ3n) is 5.00. The lowest BCUT2D eigenvalue weighted by Crippen LogP contribution is -2.52. The Morgan fingerprint density at radius 2 is 1.97 bits per heavy atom. The highest BCUT2D eigenvalue weighted by Gasteiger charge is 2.39. The fraction of sp³-hybridized carbons (Fsp3) is 0.500. The van der Waals surface area contributed by atoms with Gasteiger partial charge in [-0.1, -0.05) is 6.07 Å². The van der Waals surface area contributed by atoms with E-state index in [0.717, 1.165) is 0 Å². The molecule has 1 unspecified atom stereocenters. The Labute approximate surface area is 191 Å². The molecule has 1 aromatic rings. The van der Waals surface area contributed by atoms with Gasteiger partial charge in [0.15, 0.2) is 0 Å². The molecule has 5 amide bonds. The van der Waals surface area contributed by atoms with Crippen molar-refractivity contribution in [3.8, 4) is 0 Å². The summed E-state index contributed by atoms with van der Waals surface area (Å²) >= 11 is 0. The fourth-order valence-corrected chi connectivity index (χ4v) is 3.59. The standard InChI is InChI=1S/C22H28N4O7/c1-22(2,3)33-21(31)23-9-10-32-12-18(28)24-15-6-4-5-13-14(15)11-26(20(13)30)16-7-8-17(27)25-19(16)29/h4-6,16H,7-12H2,1-3H3,(H,23,31)(H,24,28)(H,25,27,29). The number of carbonyl (C=O) groups excluding carboxylic acids is 5. The van der Waals surface area contributed by atoms with Gasteiger partial charge in [0.2, 0.25) is 17.7 Å². The van der Waals surface area contributed by atoms with Crippen LogP contribution in [-0.2, 0) is 30.4 Å². The quantitative estimate of drug-likeness (QED) is 0.406. The third kappa shape index (κ3) is 6.28. The minimum atomic E-state index is -0.730. The Kier molecular flexibility index (Phi) is 7.32. The number of benzene rings is 1. The van der Waals surface area contributed by atoms with E-state index in [1.165, 1.54) is 4.90 Å². The SMILES string of the molecule is CC(C)(C)OC(=O)NCCOCC(=O)Nc1cccc2c1CN(C1CCC(=O)NC1=O)C2=O. The van der Waals surface area contributed by atoms with Crippen LogP contribution in [0.1, 0.15) is 49.5 Å². The van der Waals surface area contributed by atoms with Gasteiger partial charge in [0, 0.05) is 36.3 Å². The summed E-state index contributed by atoms with van der Waals surface area (Å²) in [7, 11) is 0. The summed E-state index contributed by atoms with van der Waals surface area (Å²) < 4.78 is 10.4.